The Labute approximate surface area is 164 Å². The van der Waals surface area contributed by atoms with Gasteiger partial charge in [-0.05, 0) is 26.2 Å². The lowest BCUT2D eigenvalue weighted by Gasteiger charge is -2.30. The van der Waals surface area contributed by atoms with E-state index in [1.165, 1.54) is 4.90 Å². The molecule has 1 saturated carbocycles. The zero-order chi connectivity index (χ0) is 17.6. The molecular formula is C16H30F3IN4O. The standard InChI is InChI=1S/C16H29F3N4O.HI/c1-2-20-14(21-11-15(24)7-4-3-5-8-15)22-13-6-9-23(10-13)12-16(17,18)19;/h13,24H,2-12H2,1H3,(H2,20,21,22);1H. The Hall–Kier alpha value is -0.290. The van der Waals surface area contributed by atoms with E-state index in [0.29, 0.717) is 38.6 Å². The first-order chi connectivity index (χ1) is 11.3. The molecule has 25 heavy (non-hydrogen) atoms. The van der Waals surface area contributed by atoms with Gasteiger partial charge >= 0.3 is 6.18 Å². The van der Waals surface area contributed by atoms with E-state index in [9.17, 15) is 18.3 Å². The Bertz CT molecular complexity index is 428. The van der Waals surface area contributed by atoms with Crippen molar-refractivity contribution in [3.05, 3.63) is 0 Å². The second-order valence-electron chi connectivity index (χ2n) is 6.96. The van der Waals surface area contributed by atoms with Crippen LogP contribution in [0.2, 0.25) is 0 Å². The third-order valence-corrected chi connectivity index (χ3v) is 4.68. The van der Waals surface area contributed by atoms with Crippen LogP contribution in [-0.2, 0) is 0 Å². The van der Waals surface area contributed by atoms with Crippen molar-refractivity contribution in [2.45, 2.75) is 63.3 Å². The molecule has 3 N–H and O–H groups in total. The fourth-order valence-electron chi connectivity index (χ4n) is 3.46. The van der Waals surface area contributed by atoms with Gasteiger partial charge in [0, 0.05) is 25.7 Å². The minimum atomic E-state index is -4.16. The van der Waals surface area contributed by atoms with Gasteiger partial charge < -0.3 is 15.7 Å². The molecule has 0 amide bonds. The van der Waals surface area contributed by atoms with Gasteiger partial charge in [0.1, 0.15) is 0 Å². The fraction of sp³-hybridized carbons (Fsp3) is 0.938. The first-order valence-corrected chi connectivity index (χ1v) is 8.86. The van der Waals surface area contributed by atoms with Crippen molar-refractivity contribution in [2.75, 3.05) is 32.7 Å². The predicted octanol–water partition coefficient (Wildman–Crippen LogP) is 2.49. The molecule has 0 aromatic rings. The number of hydrogen-bond donors (Lipinski definition) is 3. The lowest BCUT2D eigenvalue weighted by atomic mass is 9.85. The molecule has 1 heterocycles. The van der Waals surface area contributed by atoms with Gasteiger partial charge in [-0.15, -0.1) is 24.0 Å². The third-order valence-electron chi connectivity index (χ3n) is 4.68. The molecule has 0 aromatic heterocycles. The molecule has 1 aliphatic carbocycles. The second kappa shape index (κ2) is 10.1. The van der Waals surface area contributed by atoms with Crippen LogP contribution in [0.25, 0.3) is 0 Å². The Morgan fingerprint density at radius 2 is 1.96 bits per heavy atom. The molecule has 148 valence electrons. The highest BCUT2D eigenvalue weighted by Gasteiger charge is 2.34. The van der Waals surface area contributed by atoms with Crippen molar-refractivity contribution in [3.8, 4) is 0 Å². The van der Waals surface area contributed by atoms with Crippen molar-refractivity contribution in [2.24, 2.45) is 4.99 Å². The summed E-state index contributed by atoms with van der Waals surface area (Å²) in [5.74, 6) is 0.579. The fourth-order valence-corrected chi connectivity index (χ4v) is 3.46. The first kappa shape index (κ1) is 22.8. The zero-order valence-corrected chi connectivity index (χ0v) is 17.1. The lowest BCUT2D eigenvalue weighted by Crippen LogP contribution is -2.46. The number of nitrogens with one attached hydrogen (secondary N) is 2. The second-order valence-corrected chi connectivity index (χ2v) is 6.96. The van der Waals surface area contributed by atoms with E-state index >= 15 is 0 Å². The molecule has 0 aromatic carbocycles. The number of aliphatic hydroxyl groups is 1. The van der Waals surface area contributed by atoms with E-state index in [1.54, 1.807) is 0 Å². The summed E-state index contributed by atoms with van der Waals surface area (Å²) in [6.07, 6.45) is 1.22. The monoisotopic (exact) mass is 478 g/mol. The molecular weight excluding hydrogens is 448 g/mol. The van der Waals surface area contributed by atoms with Crippen LogP contribution in [0.5, 0.6) is 0 Å². The van der Waals surface area contributed by atoms with Crippen molar-refractivity contribution >= 4 is 29.9 Å². The van der Waals surface area contributed by atoms with Crippen LogP contribution in [0.3, 0.4) is 0 Å². The van der Waals surface area contributed by atoms with Gasteiger partial charge in [-0.3, -0.25) is 9.89 Å². The summed E-state index contributed by atoms with van der Waals surface area (Å²) in [5.41, 5.74) is -0.738. The maximum absolute atomic E-state index is 12.5. The van der Waals surface area contributed by atoms with Crippen LogP contribution in [0.1, 0.15) is 45.4 Å². The highest BCUT2D eigenvalue weighted by molar-refractivity contribution is 14.0. The molecule has 5 nitrogen and oxygen atoms in total. The van der Waals surface area contributed by atoms with Crippen LogP contribution in [0.4, 0.5) is 13.2 Å². The van der Waals surface area contributed by atoms with Crippen LogP contribution < -0.4 is 10.6 Å². The van der Waals surface area contributed by atoms with E-state index in [4.69, 9.17) is 0 Å². The molecule has 1 saturated heterocycles. The summed E-state index contributed by atoms with van der Waals surface area (Å²) in [5, 5.41) is 16.8. The van der Waals surface area contributed by atoms with Gasteiger partial charge in [-0.25, -0.2) is 0 Å². The van der Waals surface area contributed by atoms with Gasteiger partial charge in [-0.2, -0.15) is 13.2 Å². The SMILES string of the molecule is CCNC(=NCC1(O)CCCCC1)NC1CCN(CC(F)(F)F)C1.I. The number of likely N-dealkylation sites (tertiary alicyclic amines) is 1. The van der Waals surface area contributed by atoms with Crippen molar-refractivity contribution in [3.63, 3.8) is 0 Å². The van der Waals surface area contributed by atoms with E-state index in [2.05, 4.69) is 15.6 Å². The maximum Gasteiger partial charge on any atom is 0.401 e. The van der Waals surface area contributed by atoms with Crippen LogP contribution in [-0.4, -0.2) is 66.5 Å². The number of halogens is 4. The number of guanidine groups is 1. The number of nitrogens with zero attached hydrogens (tertiary/aromatic N) is 2. The Morgan fingerprint density at radius 1 is 1.28 bits per heavy atom. The Balaban J connectivity index is 0.00000312. The van der Waals surface area contributed by atoms with Crippen molar-refractivity contribution < 1.29 is 18.3 Å². The quantitative estimate of drug-likeness (QED) is 0.323. The normalized spacial score (nSPS) is 24.7. The average Bonchev–Trinajstić information content (AvgIpc) is 2.91. The topological polar surface area (TPSA) is 59.9 Å². The minimum Gasteiger partial charge on any atom is -0.388 e. The summed E-state index contributed by atoms with van der Waals surface area (Å²) >= 11 is 0. The van der Waals surface area contributed by atoms with Gasteiger partial charge in [0.05, 0.1) is 18.7 Å². The minimum absolute atomic E-state index is 0. The highest BCUT2D eigenvalue weighted by Crippen LogP contribution is 2.28. The largest absolute Gasteiger partial charge is 0.401 e. The van der Waals surface area contributed by atoms with E-state index in [0.717, 1.165) is 32.1 Å². The molecule has 2 rings (SSSR count). The Morgan fingerprint density at radius 3 is 2.56 bits per heavy atom. The van der Waals surface area contributed by atoms with Gasteiger partial charge in [0.25, 0.3) is 0 Å². The molecule has 0 bridgehead atoms. The molecule has 1 atom stereocenters. The smallest absolute Gasteiger partial charge is 0.388 e. The van der Waals surface area contributed by atoms with E-state index < -0.39 is 18.3 Å². The number of rotatable bonds is 5. The summed E-state index contributed by atoms with van der Waals surface area (Å²) in [6, 6.07) is -0.0499. The highest BCUT2D eigenvalue weighted by atomic mass is 127. The predicted molar refractivity (Wildman–Crippen MR) is 103 cm³/mol. The number of hydrogen-bond acceptors (Lipinski definition) is 3. The molecule has 2 aliphatic rings. The summed E-state index contributed by atoms with van der Waals surface area (Å²) in [4.78, 5) is 5.89. The van der Waals surface area contributed by atoms with Gasteiger partial charge in [0.2, 0.25) is 0 Å². The molecule has 0 radical (unpaired) electrons. The number of alkyl halides is 3. The van der Waals surface area contributed by atoms with E-state index in [-0.39, 0.29) is 30.0 Å². The molecule has 1 unspecified atom stereocenters. The van der Waals surface area contributed by atoms with Crippen molar-refractivity contribution in [1.29, 1.82) is 0 Å². The Kier molecular flexibility index (Phi) is 9.24. The van der Waals surface area contributed by atoms with Crippen LogP contribution in [0, 0.1) is 0 Å². The average molecular weight is 478 g/mol. The van der Waals surface area contributed by atoms with Crippen LogP contribution >= 0.6 is 24.0 Å². The molecule has 9 heteroatoms. The number of aliphatic imine (C=N–C) groups is 1. The molecule has 1 aliphatic heterocycles. The molecule has 0 spiro atoms. The van der Waals surface area contributed by atoms with Crippen LogP contribution in [0.15, 0.2) is 4.99 Å². The summed E-state index contributed by atoms with van der Waals surface area (Å²) < 4.78 is 37.4. The van der Waals surface area contributed by atoms with Gasteiger partial charge in [0.15, 0.2) is 5.96 Å². The summed E-state index contributed by atoms with van der Waals surface area (Å²) in [7, 11) is 0. The maximum atomic E-state index is 12.5. The van der Waals surface area contributed by atoms with E-state index in [1.807, 2.05) is 6.92 Å². The third kappa shape index (κ3) is 8.29. The summed E-state index contributed by atoms with van der Waals surface area (Å²) in [6.45, 7) is 2.87. The molecule has 2 fully saturated rings. The van der Waals surface area contributed by atoms with Gasteiger partial charge in [-0.1, -0.05) is 19.3 Å². The first-order valence-electron chi connectivity index (χ1n) is 8.86. The van der Waals surface area contributed by atoms with Crippen molar-refractivity contribution in [1.82, 2.24) is 15.5 Å². The lowest BCUT2D eigenvalue weighted by molar-refractivity contribution is -0.143. The zero-order valence-electron chi connectivity index (χ0n) is 14.7.